The lowest BCUT2D eigenvalue weighted by atomic mass is 10.1. The van der Waals surface area contributed by atoms with Gasteiger partial charge in [-0.05, 0) is 56.6 Å². The van der Waals surface area contributed by atoms with Gasteiger partial charge < -0.3 is 14.4 Å². The molecule has 0 saturated carbocycles. The van der Waals surface area contributed by atoms with Crippen molar-refractivity contribution in [3.63, 3.8) is 0 Å². The molecule has 0 aliphatic carbocycles. The number of rotatable bonds is 9. The highest BCUT2D eigenvalue weighted by Crippen LogP contribution is 2.29. The van der Waals surface area contributed by atoms with Crippen LogP contribution in [0, 0.1) is 5.82 Å². The summed E-state index contributed by atoms with van der Waals surface area (Å²) in [5.74, 6) is 0.998. The van der Waals surface area contributed by atoms with E-state index in [-0.39, 0.29) is 11.6 Å². The van der Waals surface area contributed by atoms with E-state index in [2.05, 4.69) is 20.0 Å². The average Bonchev–Trinajstić information content (AvgIpc) is 3.27. The normalized spacial score (nSPS) is 14.7. The molecule has 1 aliphatic rings. The number of ether oxygens (including phenoxy) is 2. The Kier molecular flexibility index (Phi) is 6.90. The number of piperazine rings is 1. The fourth-order valence-electron chi connectivity index (χ4n) is 4.10. The first-order chi connectivity index (χ1) is 15.5. The number of halogens is 1. The Bertz CT molecular complexity index is 1080. The van der Waals surface area contributed by atoms with E-state index < -0.39 is 0 Å². The minimum absolute atomic E-state index is 0.00142. The van der Waals surface area contributed by atoms with E-state index in [1.807, 2.05) is 0 Å². The molecule has 8 heteroatoms. The van der Waals surface area contributed by atoms with Crippen molar-refractivity contribution in [3.8, 4) is 11.5 Å². The van der Waals surface area contributed by atoms with Crippen LogP contribution in [0.4, 0.5) is 10.1 Å². The molecule has 1 N–H and O–H groups in total. The van der Waals surface area contributed by atoms with Crippen LogP contribution in [-0.2, 0) is 0 Å². The van der Waals surface area contributed by atoms with Crippen molar-refractivity contribution in [2.75, 3.05) is 51.3 Å². The Balaban J connectivity index is 1.21. The first kappa shape index (κ1) is 22.1. The van der Waals surface area contributed by atoms with Crippen molar-refractivity contribution in [2.24, 2.45) is 0 Å². The third-order valence-electron chi connectivity index (χ3n) is 5.91. The SMILES string of the molecule is COc1cc(C(C)=O)ccc1OCCCCN1CCN(c2cc(F)cc3[nH]ncc23)CC1. The summed E-state index contributed by atoms with van der Waals surface area (Å²) in [6, 6.07) is 8.35. The van der Waals surface area contributed by atoms with Gasteiger partial charge in [-0.2, -0.15) is 5.10 Å². The maximum Gasteiger partial charge on any atom is 0.161 e. The number of aromatic nitrogens is 2. The van der Waals surface area contributed by atoms with E-state index in [0.717, 1.165) is 62.2 Å². The van der Waals surface area contributed by atoms with Crippen LogP contribution in [0.2, 0.25) is 0 Å². The molecule has 7 nitrogen and oxygen atoms in total. The molecule has 0 unspecified atom stereocenters. The number of H-pyrrole nitrogens is 1. The summed E-state index contributed by atoms with van der Waals surface area (Å²) < 4.78 is 25.2. The maximum absolute atomic E-state index is 14.0. The smallest absolute Gasteiger partial charge is 0.161 e. The van der Waals surface area contributed by atoms with Gasteiger partial charge in [0.1, 0.15) is 5.82 Å². The minimum atomic E-state index is -0.244. The minimum Gasteiger partial charge on any atom is -0.493 e. The summed E-state index contributed by atoms with van der Waals surface area (Å²) in [5, 5.41) is 7.87. The zero-order chi connectivity index (χ0) is 22.5. The zero-order valence-corrected chi connectivity index (χ0v) is 18.6. The molecule has 0 atom stereocenters. The van der Waals surface area contributed by atoms with Crippen LogP contribution in [-0.4, -0.2) is 67.3 Å². The summed E-state index contributed by atoms with van der Waals surface area (Å²) in [5.41, 5.74) is 2.25. The number of carbonyl (C=O) groups excluding carboxylic acids is 1. The number of ketones is 1. The predicted octanol–water partition coefficient (Wildman–Crippen LogP) is 3.89. The number of fused-ring (bicyclic) bond motifs is 1. The van der Waals surface area contributed by atoms with Crippen molar-refractivity contribution in [1.82, 2.24) is 15.1 Å². The Morgan fingerprint density at radius 3 is 2.69 bits per heavy atom. The molecule has 1 aliphatic heterocycles. The zero-order valence-electron chi connectivity index (χ0n) is 18.6. The number of methoxy groups -OCH3 is 1. The number of Topliss-reactive ketones (excluding diaryl/α,β-unsaturated/α-hetero) is 1. The molecule has 3 aromatic rings. The van der Waals surface area contributed by atoms with Crippen LogP contribution in [0.3, 0.4) is 0 Å². The molecule has 4 rings (SSSR count). The lowest BCUT2D eigenvalue weighted by Gasteiger charge is -2.36. The van der Waals surface area contributed by atoms with Crippen LogP contribution in [0.25, 0.3) is 10.9 Å². The first-order valence-electron chi connectivity index (χ1n) is 11.0. The van der Waals surface area contributed by atoms with Crippen molar-refractivity contribution >= 4 is 22.4 Å². The quantitative estimate of drug-likeness (QED) is 0.402. The number of carbonyl (C=O) groups is 1. The Morgan fingerprint density at radius 1 is 1.12 bits per heavy atom. The molecule has 0 bridgehead atoms. The van der Waals surface area contributed by atoms with Crippen LogP contribution in [0.5, 0.6) is 11.5 Å². The number of anilines is 1. The molecule has 170 valence electrons. The lowest BCUT2D eigenvalue weighted by Crippen LogP contribution is -2.46. The molecule has 0 spiro atoms. The van der Waals surface area contributed by atoms with E-state index in [0.29, 0.717) is 23.7 Å². The first-order valence-corrected chi connectivity index (χ1v) is 11.0. The summed E-state index contributed by atoms with van der Waals surface area (Å²) in [6.45, 7) is 6.73. The average molecular weight is 441 g/mol. The molecular weight excluding hydrogens is 411 g/mol. The Morgan fingerprint density at radius 2 is 1.94 bits per heavy atom. The number of nitrogens with zero attached hydrogens (tertiary/aromatic N) is 3. The summed E-state index contributed by atoms with van der Waals surface area (Å²) in [7, 11) is 1.58. The van der Waals surface area contributed by atoms with E-state index in [9.17, 15) is 9.18 Å². The van der Waals surface area contributed by atoms with Crippen LogP contribution < -0.4 is 14.4 Å². The van der Waals surface area contributed by atoms with Gasteiger partial charge in [-0.3, -0.25) is 14.8 Å². The van der Waals surface area contributed by atoms with E-state index in [1.54, 1.807) is 37.6 Å². The molecule has 1 fully saturated rings. The van der Waals surface area contributed by atoms with Gasteiger partial charge in [0.25, 0.3) is 0 Å². The highest BCUT2D eigenvalue weighted by atomic mass is 19.1. The second-order valence-electron chi connectivity index (χ2n) is 8.06. The standard InChI is InChI=1S/C24H29FN4O3/c1-17(30)18-5-6-23(24(13-18)31-2)32-12-4-3-7-28-8-10-29(11-9-28)22-15-19(25)14-21-20(22)16-26-27-21/h5-6,13-16H,3-4,7-12H2,1-2H3,(H,26,27). The number of hydrogen-bond donors (Lipinski definition) is 1. The second kappa shape index (κ2) is 9.99. The Labute approximate surface area is 187 Å². The van der Waals surface area contributed by atoms with Crippen molar-refractivity contribution in [3.05, 3.63) is 47.9 Å². The summed E-state index contributed by atoms with van der Waals surface area (Å²) in [6.07, 6.45) is 3.72. The fourth-order valence-corrected chi connectivity index (χ4v) is 4.10. The van der Waals surface area contributed by atoms with Gasteiger partial charge >= 0.3 is 0 Å². The largest absolute Gasteiger partial charge is 0.493 e. The van der Waals surface area contributed by atoms with Gasteiger partial charge in [-0.1, -0.05) is 0 Å². The van der Waals surface area contributed by atoms with E-state index >= 15 is 0 Å². The number of benzene rings is 2. The monoisotopic (exact) mass is 440 g/mol. The van der Waals surface area contributed by atoms with Gasteiger partial charge in [0.2, 0.25) is 0 Å². The number of aromatic amines is 1. The topological polar surface area (TPSA) is 70.7 Å². The van der Waals surface area contributed by atoms with Gasteiger partial charge in [-0.15, -0.1) is 0 Å². The fraction of sp³-hybridized carbons (Fsp3) is 0.417. The van der Waals surface area contributed by atoms with Crippen molar-refractivity contribution in [2.45, 2.75) is 19.8 Å². The van der Waals surface area contributed by atoms with Gasteiger partial charge in [0.05, 0.1) is 31.1 Å². The van der Waals surface area contributed by atoms with Gasteiger partial charge in [-0.25, -0.2) is 4.39 Å². The summed E-state index contributed by atoms with van der Waals surface area (Å²) in [4.78, 5) is 16.2. The third kappa shape index (κ3) is 5.02. The van der Waals surface area contributed by atoms with E-state index in [1.165, 1.54) is 13.0 Å². The molecule has 2 aromatic carbocycles. The highest BCUT2D eigenvalue weighted by molar-refractivity contribution is 5.94. The summed E-state index contributed by atoms with van der Waals surface area (Å²) >= 11 is 0. The maximum atomic E-state index is 14.0. The molecule has 0 radical (unpaired) electrons. The van der Waals surface area contributed by atoms with Gasteiger partial charge in [0.15, 0.2) is 17.3 Å². The van der Waals surface area contributed by atoms with Crippen LogP contribution >= 0.6 is 0 Å². The number of hydrogen-bond acceptors (Lipinski definition) is 6. The molecule has 1 aromatic heterocycles. The molecular formula is C24H29FN4O3. The number of unbranched alkanes of at least 4 members (excludes halogenated alkanes) is 1. The molecule has 1 saturated heterocycles. The molecule has 32 heavy (non-hydrogen) atoms. The van der Waals surface area contributed by atoms with Crippen molar-refractivity contribution < 1.29 is 18.7 Å². The predicted molar refractivity (Wildman–Crippen MR) is 122 cm³/mol. The number of nitrogens with one attached hydrogen (secondary N) is 1. The van der Waals surface area contributed by atoms with Crippen LogP contribution in [0.15, 0.2) is 36.5 Å². The third-order valence-corrected chi connectivity index (χ3v) is 5.91. The van der Waals surface area contributed by atoms with Gasteiger partial charge in [0, 0.05) is 37.1 Å². The van der Waals surface area contributed by atoms with Crippen molar-refractivity contribution in [1.29, 1.82) is 0 Å². The molecule has 0 amide bonds. The molecule has 2 heterocycles. The van der Waals surface area contributed by atoms with E-state index in [4.69, 9.17) is 9.47 Å². The second-order valence-corrected chi connectivity index (χ2v) is 8.06. The van der Waals surface area contributed by atoms with Crippen LogP contribution in [0.1, 0.15) is 30.1 Å². The lowest BCUT2D eigenvalue weighted by molar-refractivity contribution is 0.101. The highest BCUT2D eigenvalue weighted by Gasteiger charge is 2.20. The Hall–Kier alpha value is -3.13.